The summed E-state index contributed by atoms with van der Waals surface area (Å²) in [6.07, 6.45) is 0.671. The van der Waals surface area contributed by atoms with Crippen LogP contribution in [-0.4, -0.2) is 44.1 Å². The van der Waals surface area contributed by atoms with E-state index in [1.165, 1.54) is 32.4 Å². The first-order valence-electron chi connectivity index (χ1n) is 9.02. The smallest absolute Gasteiger partial charge is 0.324 e. The van der Waals surface area contributed by atoms with Crippen LogP contribution in [0.5, 0.6) is 12.0 Å². The van der Waals surface area contributed by atoms with Crippen molar-refractivity contribution in [1.29, 1.82) is 0 Å². The largest absolute Gasteiger partial charge is 0.467 e. The molecule has 0 unspecified atom stereocenters. The van der Waals surface area contributed by atoms with E-state index in [0.717, 1.165) is 11.3 Å². The predicted octanol–water partition coefficient (Wildman–Crippen LogP) is 3.69. The molecule has 0 saturated heterocycles. The lowest BCUT2D eigenvalue weighted by Gasteiger charge is -2.18. The lowest BCUT2D eigenvalue weighted by molar-refractivity contribution is 0.340. The highest BCUT2D eigenvalue weighted by atomic mass is 35.5. The minimum absolute atomic E-state index is 0.0171. The molecule has 1 aliphatic rings. The summed E-state index contributed by atoms with van der Waals surface area (Å²) in [5, 5.41) is 0.473. The lowest BCUT2D eigenvalue weighted by atomic mass is 10.1. The molecule has 162 valence electrons. The molecule has 9 nitrogen and oxygen atoms in total. The van der Waals surface area contributed by atoms with E-state index < -0.39 is 10.0 Å². The van der Waals surface area contributed by atoms with Crippen LogP contribution in [0.15, 0.2) is 41.3 Å². The number of sulfonamides is 1. The van der Waals surface area contributed by atoms with E-state index in [1.54, 1.807) is 18.2 Å². The van der Waals surface area contributed by atoms with Crippen molar-refractivity contribution in [1.82, 2.24) is 15.0 Å². The van der Waals surface area contributed by atoms with Crippen molar-refractivity contribution in [3.8, 4) is 12.0 Å². The van der Waals surface area contributed by atoms with Crippen LogP contribution in [-0.2, 0) is 16.4 Å². The summed E-state index contributed by atoms with van der Waals surface area (Å²) in [5.41, 5.74) is 2.20. The summed E-state index contributed by atoms with van der Waals surface area (Å²) >= 11 is 11.9. The predicted molar refractivity (Wildman–Crippen MR) is 117 cm³/mol. The Morgan fingerprint density at radius 3 is 2.23 bits per heavy atom. The van der Waals surface area contributed by atoms with Gasteiger partial charge in [0.1, 0.15) is 0 Å². The maximum Gasteiger partial charge on any atom is 0.324 e. The summed E-state index contributed by atoms with van der Waals surface area (Å²) in [5.74, 6) is 0.379. The number of rotatable bonds is 6. The molecular weight excluding hydrogens is 465 g/mol. The van der Waals surface area contributed by atoms with Crippen molar-refractivity contribution in [2.75, 3.05) is 30.4 Å². The Bertz CT molecular complexity index is 1210. The molecule has 1 aliphatic heterocycles. The maximum absolute atomic E-state index is 12.7. The fourth-order valence-electron chi connectivity index (χ4n) is 3.20. The number of ether oxygens (including phenoxy) is 2. The van der Waals surface area contributed by atoms with E-state index in [0.29, 0.717) is 24.6 Å². The Kier molecular flexibility index (Phi) is 5.78. The molecule has 0 fully saturated rings. The number of nitrogens with zero attached hydrogens (tertiary/aromatic N) is 4. The third-order valence-corrected chi connectivity index (χ3v) is 6.36. The van der Waals surface area contributed by atoms with Gasteiger partial charge in [-0.1, -0.05) is 23.2 Å². The number of methoxy groups -OCH3 is 2. The van der Waals surface area contributed by atoms with Gasteiger partial charge in [0.2, 0.25) is 5.95 Å². The van der Waals surface area contributed by atoms with E-state index >= 15 is 0 Å². The number of hydrogen-bond donors (Lipinski definition) is 1. The summed E-state index contributed by atoms with van der Waals surface area (Å²) in [6.45, 7) is 0.603. The van der Waals surface area contributed by atoms with Crippen LogP contribution in [0.2, 0.25) is 10.0 Å². The quantitative estimate of drug-likeness (QED) is 0.567. The average molecular weight is 482 g/mol. The standard InChI is InChI=1S/C19H17Cl2N5O4S/c1-29-18-22-17(23-19(24-18)30-2)26-6-5-11-7-14(3-4-16(11)26)25-31(27,28)15-9-12(20)8-13(21)10-15/h3-4,7-10,25H,5-6H2,1-2H3. The molecule has 0 spiro atoms. The molecule has 31 heavy (non-hydrogen) atoms. The number of aromatic nitrogens is 3. The van der Waals surface area contributed by atoms with Crippen molar-refractivity contribution in [2.45, 2.75) is 11.3 Å². The number of benzene rings is 2. The second-order valence-corrected chi connectivity index (χ2v) is 9.12. The molecule has 0 radical (unpaired) electrons. The molecule has 1 aromatic heterocycles. The van der Waals surface area contributed by atoms with Gasteiger partial charge < -0.3 is 14.4 Å². The summed E-state index contributed by atoms with van der Waals surface area (Å²) in [7, 11) is -0.937. The lowest BCUT2D eigenvalue weighted by Crippen LogP contribution is -2.17. The highest BCUT2D eigenvalue weighted by Gasteiger charge is 2.25. The topological polar surface area (TPSA) is 107 Å². The van der Waals surface area contributed by atoms with E-state index in [1.807, 2.05) is 4.90 Å². The minimum atomic E-state index is -3.86. The molecule has 3 aromatic rings. The Balaban J connectivity index is 1.62. The van der Waals surface area contributed by atoms with Crippen LogP contribution in [0.3, 0.4) is 0 Å². The van der Waals surface area contributed by atoms with Gasteiger partial charge in [-0.05, 0) is 48.4 Å². The van der Waals surface area contributed by atoms with Crippen molar-refractivity contribution >= 4 is 50.5 Å². The molecule has 4 rings (SSSR count). The number of anilines is 3. The molecule has 0 amide bonds. The van der Waals surface area contributed by atoms with E-state index in [2.05, 4.69) is 19.7 Å². The molecule has 0 bridgehead atoms. The third-order valence-electron chi connectivity index (χ3n) is 4.56. The molecule has 0 atom stereocenters. The van der Waals surface area contributed by atoms with Crippen LogP contribution in [0.25, 0.3) is 0 Å². The van der Waals surface area contributed by atoms with E-state index in [4.69, 9.17) is 32.7 Å². The summed E-state index contributed by atoms with van der Waals surface area (Å²) in [4.78, 5) is 14.4. The van der Waals surface area contributed by atoms with Crippen LogP contribution < -0.4 is 19.1 Å². The first kappa shape index (κ1) is 21.4. The Labute approximate surface area is 189 Å². The fraction of sp³-hybridized carbons (Fsp3) is 0.211. The molecule has 0 saturated carbocycles. The average Bonchev–Trinajstić information content (AvgIpc) is 3.15. The third kappa shape index (κ3) is 4.46. The van der Waals surface area contributed by atoms with Crippen molar-refractivity contribution in [3.05, 3.63) is 52.0 Å². The molecular formula is C19H17Cl2N5O4S. The molecule has 1 N–H and O–H groups in total. The fourth-order valence-corrected chi connectivity index (χ4v) is 4.98. The van der Waals surface area contributed by atoms with E-state index in [9.17, 15) is 8.42 Å². The normalized spacial score (nSPS) is 13.1. The zero-order valence-electron chi connectivity index (χ0n) is 16.5. The van der Waals surface area contributed by atoms with Crippen LogP contribution in [0.1, 0.15) is 5.56 Å². The number of halogens is 2. The molecule has 2 aromatic carbocycles. The first-order chi connectivity index (χ1) is 14.8. The second-order valence-electron chi connectivity index (χ2n) is 6.56. The van der Waals surface area contributed by atoms with Gasteiger partial charge in [0.15, 0.2) is 0 Å². The number of hydrogen-bond acceptors (Lipinski definition) is 8. The Morgan fingerprint density at radius 2 is 1.61 bits per heavy atom. The monoisotopic (exact) mass is 481 g/mol. The van der Waals surface area contributed by atoms with Gasteiger partial charge >= 0.3 is 12.0 Å². The summed E-state index contributed by atoms with van der Waals surface area (Å²) in [6, 6.07) is 9.66. The van der Waals surface area contributed by atoms with Gasteiger partial charge in [-0.3, -0.25) is 4.72 Å². The van der Waals surface area contributed by atoms with Crippen molar-refractivity contribution in [3.63, 3.8) is 0 Å². The number of fused-ring (bicyclic) bond motifs is 1. The van der Waals surface area contributed by atoms with E-state index in [-0.39, 0.29) is 27.0 Å². The zero-order valence-corrected chi connectivity index (χ0v) is 18.8. The van der Waals surface area contributed by atoms with Gasteiger partial charge in [0, 0.05) is 28.0 Å². The van der Waals surface area contributed by atoms with Gasteiger partial charge in [-0.25, -0.2) is 8.42 Å². The van der Waals surface area contributed by atoms with Gasteiger partial charge in [-0.2, -0.15) is 9.97 Å². The van der Waals surface area contributed by atoms with Gasteiger partial charge in [-0.15, -0.1) is 4.98 Å². The Morgan fingerprint density at radius 1 is 0.968 bits per heavy atom. The zero-order chi connectivity index (χ0) is 22.2. The molecule has 12 heteroatoms. The SMILES string of the molecule is COc1nc(OC)nc(N2CCc3cc(NS(=O)(=O)c4cc(Cl)cc(Cl)c4)ccc32)n1. The van der Waals surface area contributed by atoms with Crippen LogP contribution in [0, 0.1) is 0 Å². The first-order valence-corrected chi connectivity index (χ1v) is 11.3. The van der Waals surface area contributed by atoms with Crippen LogP contribution >= 0.6 is 23.2 Å². The summed E-state index contributed by atoms with van der Waals surface area (Å²) < 4.78 is 38.3. The van der Waals surface area contributed by atoms with Gasteiger partial charge in [0.25, 0.3) is 10.0 Å². The molecule has 0 aliphatic carbocycles. The number of nitrogens with one attached hydrogen (secondary N) is 1. The highest BCUT2D eigenvalue weighted by Crippen LogP contribution is 2.36. The molecule has 2 heterocycles. The minimum Gasteiger partial charge on any atom is -0.467 e. The van der Waals surface area contributed by atoms with Crippen LogP contribution in [0.4, 0.5) is 17.3 Å². The Hall–Kier alpha value is -2.82. The van der Waals surface area contributed by atoms with Crippen molar-refractivity contribution in [2.24, 2.45) is 0 Å². The maximum atomic E-state index is 12.7. The second kappa shape index (κ2) is 8.37. The van der Waals surface area contributed by atoms with Crippen molar-refractivity contribution < 1.29 is 17.9 Å². The highest BCUT2D eigenvalue weighted by molar-refractivity contribution is 7.92. The van der Waals surface area contributed by atoms with Gasteiger partial charge in [0.05, 0.1) is 19.1 Å².